The average Bonchev–Trinajstić information content (AvgIpc) is 2.16. The van der Waals surface area contributed by atoms with Crippen LogP contribution in [-0.2, 0) is 0 Å². The highest BCUT2D eigenvalue weighted by Crippen LogP contribution is 2.04. The summed E-state index contributed by atoms with van der Waals surface area (Å²) in [5, 5.41) is 0. The molecule has 0 aliphatic carbocycles. The van der Waals surface area contributed by atoms with E-state index in [4.69, 9.17) is 5.84 Å². The topological polar surface area (TPSA) is 62.1 Å². The van der Waals surface area contributed by atoms with Crippen molar-refractivity contribution in [1.82, 2.24) is 16.5 Å². The van der Waals surface area contributed by atoms with E-state index in [0.717, 1.165) is 13.0 Å². The van der Waals surface area contributed by atoms with E-state index in [1.165, 1.54) is 32.1 Å². The van der Waals surface area contributed by atoms with Gasteiger partial charge in [-0.1, -0.05) is 25.3 Å². The van der Waals surface area contributed by atoms with Gasteiger partial charge in [-0.25, -0.2) is 5.43 Å². The van der Waals surface area contributed by atoms with Crippen molar-refractivity contribution >= 4 is 0 Å². The number of hydrogen-bond donors (Lipinski definition) is 4. The molecule has 0 saturated heterocycles. The molecule has 0 fully saturated rings. The molecule has 0 aromatic rings. The third-order valence-electron chi connectivity index (χ3n) is 1.87. The smallest absolute Gasteiger partial charge is 0.0113 e. The second-order valence-corrected chi connectivity index (χ2v) is 3.04. The maximum absolute atomic E-state index is 4.99. The second-order valence-electron chi connectivity index (χ2n) is 3.04. The summed E-state index contributed by atoms with van der Waals surface area (Å²) >= 11 is 0. The molecule has 13 heavy (non-hydrogen) atoms. The molecule has 0 aromatic carbocycles. The van der Waals surface area contributed by atoms with Crippen LogP contribution >= 0.6 is 0 Å². The van der Waals surface area contributed by atoms with Crippen molar-refractivity contribution in [1.29, 1.82) is 0 Å². The molecule has 0 radical (unpaired) electrons. The van der Waals surface area contributed by atoms with Crippen LogP contribution in [-0.4, -0.2) is 6.54 Å². The van der Waals surface area contributed by atoms with E-state index in [-0.39, 0.29) is 0 Å². The van der Waals surface area contributed by atoms with Crippen LogP contribution in [0, 0.1) is 0 Å². The van der Waals surface area contributed by atoms with Gasteiger partial charge >= 0.3 is 0 Å². The van der Waals surface area contributed by atoms with Gasteiger partial charge in [0.1, 0.15) is 0 Å². The molecule has 4 nitrogen and oxygen atoms in total. The van der Waals surface area contributed by atoms with Gasteiger partial charge in [-0.3, -0.25) is 5.84 Å². The van der Waals surface area contributed by atoms with Gasteiger partial charge < -0.3 is 0 Å². The van der Waals surface area contributed by atoms with E-state index < -0.39 is 0 Å². The Morgan fingerprint density at radius 1 is 1.08 bits per heavy atom. The Morgan fingerprint density at radius 2 is 1.77 bits per heavy atom. The maximum atomic E-state index is 4.99. The summed E-state index contributed by atoms with van der Waals surface area (Å²) in [6.45, 7) is 4.64. The van der Waals surface area contributed by atoms with E-state index in [1.807, 2.05) is 6.08 Å². The van der Waals surface area contributed by atoms with E-state index in [2.05, 4.69) is 23.1 Å². The number of hydrogen-bond acceptors (Lipinski definition) is 4. The highest BCUT2D eigenvalue weighted by atomic mass is 15.7. The van der Waals surface area contributed by atoms with Crippen molar-refractivity contribution in [2.75, 3.05) is 6.54 Å². The molecule has 0 aliphatic heterocycles. The Balaban J connectivity index is 2.79. The fourth-order valence-electron chi connectivity index (χ4n) is 1.15. The van der Waals surface area contributed by atoms with Crippen molar-refractivity contribution in [3.05, 3.63) is 12.7 Å². The van der Waals surface area contributed by atoms with E-state index in [0.29, 0.717) is 0 Å². The molecule has 0 aliphatic rings. The van der Waals surface area contributed by atoms with Gasteiger partial charge in [0.15, 0.2) is 0 Å². The van der Waals surface area contributed by atoms with Crippen molar-refractivity contribution in [3.8, 4) is 0 Å². The third-order valence-corrected chi connectivity index (χ3v) is 1.87. The first-order valence-electron chi connectivity index (χ1n) is 4.96. The molecular weight excluding hydrogens is 164 g/mol. The molecule has 0 unspecified atom stereocenters. The van der Waals surface area contributed by atoms with E-state index in [9.17, 15) is 0 Å². The normalized spacial score (nSPS) is 10.2. The number of nitrogens with two attached hydrogens (primary N) is 1. The number of nitrogens with one attached hydrogen (secondary N) is 3. The lowest BCUT2D eigenvalue weighted by molar-refractivity contribution is 0.432. The van der Waals surface area contributed by atoms with Gasteiger partial charge in [0.05, 0.1) is 0 Å². The van der Waals surface area contributed by atoms with Crippen molar-refractivity contribution < 1.29 is 0 Å². The molecule has 0 saturated carbocycles. The lowest BCUT2D eigenvalue weighted by Crippen LogP contribution is -2.47. The monoisotopic (exact) mass is 186 g/mol. The molecule has 0 atom stereocenters. The Bertz CT molecular complexity index is 106. The first-order chi connectivity index (χ1) is 6.41. The minimum Gasteiger partial charge on any atom is -0.257 e. The zero-order valence-electron chi connectivity index (χ0n) is 8.31. The zero-order valence-corrected chi connectivity index (χ0v) is 8.31. The molecule has 78 valence electrons. The summed E-state index contributed by atoms with van der Waals surface area (Å²) in [5.41, 5.74) is 7.87. The van der Waals surface area contributed by atoms with Gasteiger partial charge in [0.2, 0.25) is 0 Å². The molecule has 5 N–H and O–H groups in total. The quantitative estimate of drug-likeness (QED) is 0.178. The lowest BCUT2D eigenvalue weighted by Gasteiger charge is -2.04. The Hall–Kier alpha value is -0.420. The number of unbranched alkanes of at least 4 members (excludes halogenated alkanes) is 5. The van der Waals surface area contributed by atoms with E-state index >= 15 is 0 Å². The van der Waals surface area contributed by atoms with Crippen LogP contribution in [0.15, 0.2) is 12.7 Å². The molecule has 0 rings (SSSR count). The van der Waals surface area contributed by atoms with Crippen molar-refractivity contribution in [2.24, 2.45) is 5.84 Å². The lowest BCUT2D eigenvalue weighted by atomic mass is 10.1. The molecular formula is C9H22N4. The average molecular weight is 186 g/mol. The number of rotatable bonds is 10. The molecule has 0 aromatic heterocycles. The highest BCUT2D eigenvalue weighted by molar-refractivity contribution is 4.65. The zero-order chi connectivity index (χ0) is 9.78. The van der Waals surface area contributed by atoms with Gasteiger partial charge in [0, 0.05) is 6.54 Å². The van der Waals surface area contributed by atoms with Crippen LogP contribution in [0.3, 0.4) is 0 Å². The summed E-state index contributed by atoms with van der Waals surface area (Å²) in [6.07, 6.45) is 9.49. The first-order valence-corrected chi connectivity index (χ1v) is 4.96. The van der Waals surface area contributed by atoms with Gasteiger partial charge in [-0.15, -0.1) is 6.58 Å². The van der Waals surface area contributed by atoms with Crippen LogP contribution in [0.4, 0.5) is 0 Å². The fourth-order valence-corrected chi connectivity index (χ4v) is 1.15. The number of hydrazine groups is 3. The SMILES string of the molecule is C=CCCCCCCCNNNN. The largest absolute Gasteiger partial charge is 0.257 e. The van der Waals surface area contributed by atoms with Crippen LogP contribution in [0.5, 0.6) is 0 Å². The minimum atomic E-state index is 0.950. The molecule has 0 spiro atoms. The predicted octanol–water partition coefficient (Wildman–Crippen LogP) is 0.986. The van der Waals surface area contributed by atoms with E-state index in [1.54, 1.807) is 0 Å². The van der Waals surface area contributed by atoms with Gasteiger partial charge in [-0.2, -0.15) is 11.1 Å². The minimum absolute atomic E-state index is 0.950. The van der Waals surface area contributed by atoms with Crippen LogP contribution in [0.1, 0.15) is 38.5 Å². The molecule has 0 heterocycles. The van der Waals surface area contributed by atoms with Crippen LogP contribution in [0.25, 0.3) is 0 Å². The molecule has 0 amide bonds. The summed E-state index contributed by atoms with van der Waals surface area (Å²) in [4.78, 5) is 0. The van der Waals surface area contributed by atoms with Gasteiger partial charge in [-0.05, 0) is 19.3 Å². The first kappa shape index (κ1) is 12.6. The highest BCUT2D eigenvalue weighted by Gasteiger charge is 1.89. The van der Waals surface area contributed by atoms with Crippen molar-refractivity contribution in [3.63, 3.8) is 0 Å². The Morgan fingerprint density at radius 3 is 2.46 bits per heavy atom. The summed E-state index contributed by atoms with van der Waals surface area (Å²) in [5.74, 6) is 4.99. The Labute approximate surface area is 80.9 Å². The molecule has 4 heteroatoms. The number of allylic oxidation sites excluding steroid dienone is 1. The Kier molecular flexibility index (Phi) is 11.2. The van der Waals surface area contributed by atoms with Crippen LogP contribution < -0.4 is 22.3 Å². The standard InChI is InChI=1S/C9H22N4/c1-2-3-4-5-6-7-8-9-11-13-12-10/h2,11-13H,1,3-10H2. The maximum Gasteiger partial charge on any atom is 0.0113 e. The third kappa shape index (κ3) is 11.6. The summed E-state index contributed by atoms with van der Waals surface area (Å²) < 4.78 is 0. The predicted molar refractivity (Wildman–Crippen MR) is 56.4 cm³/mol. The second kappa shape index (κ2) is 11.6. The summed E-state index contributed by atoms with van der Waals surface area (Å²) in [7, 11) is 0. The fraction of sp³-hybridized carbons (Fsp3) is 0.778. The summed E-state index contributed by atoms with van der Waals surface area (Å²) in [6, 6.07) is 0. The van der Waals surface area contributed by atoms with Crippen LogP contribution in [0.2, 0.25) is 0 Å². The van der Waals surface area contributed by atoms with Gasteiger partial charge in [0.25, 0.3) is 0 Å². The molecule has 0 bridgehead atoms. The van der Waals surface area contributed by atoms with Crippen molar-refractivity contribution in [2.45, 2.75) is 38.5 Å².